The molecule has 2 rings (SSSR count). The molecule has 0 fully saturated rings. The van der Waals surface area contributed by atoms with Gasteiger partial charge in [-0.2, -0.15) is 4.57 Å². The van der Waals surface area contributed by atoms with Crippen LogP contribution in [0.15, 0.2) is 48.8 Å². The molecule has 0 aliphatic rings. The van der Waals surface area contributed by atoms with Gasteiger partial charge in [0, 0.05) is 31.6 Å². The molecule has 3 nitrogen and oxygen atoms in total. The number of hydrogen-bond acceptors (Lipinski definition) is 1. The lowest BCUT2D eigenvalue weighted by Crippen LogP contribution is -2.35. The molecule has 1 aromatic carbocycles. The SMILES string of the molecule is CN(C)/C=C(/C=[N+](C)C)[n+]1cccc2ccccc21. The van der Waals surface area contributed by atoms with E-state index in [9.17, 15) is 0 Å². The van der Waals surface area contributed by atoms with Crippen LogP contribution >= 0.6 is 0 Å². The molecule has 0 aliphatic carbocycles. The number of pyridine rings is 1. The topological polar surface area (TPSA) is 10.1 Å². The smallest absolute Gasteiger partial charge is 0.290 e. The first-order chi connectivity index (χ1) is 9.08. The van der Waals surface area contributed by atoms with Crippen LogP contribution in [0.2, 0.25) is 0 Å². The maximum atomic E-state index is 2.20. The normalized spacial score (nSPS) is 11.5. The van der Waals surface area contributed by atoms with Crippen molar-refractivity contribution in [2.45, 2.75) is 0 Å². The minimum absolute atomic E-state index is 1.13. The highest BCUT2D eigenvalue weighted by molar-refractivity contribution is 5.95. The third-order valence-electron chi connectivity index (χ3n) is 2.77. The van der Waals surface area contributed by atoms with Gasteiger partial charge in [0.2, 0.25) is 11.7 Å². The molecule has 0 bridgehead atoms. The zero-order valence-corrected chi connectivity index (χ0v) is 12.0. The third-order valence-corrected chi connectivity index (χ3v) is 2.77. The first-order valence-corrected chi connectivity index (χ1v) is 6.37. The summed E-state index contributed by atoms with van der Waals surface area (Å²) in [5.74, 6) is 0. The molecule has 0 saturated heterocycles. The van der Waals surface area contributed by atoms with Gasteiger partial charge in [-0.25, -0.2) is 4.58 Å². The highest BCUT2D eigenvalue weighted by atomic mass is 15.1. The van der Waals surface area contributed by atoms with Crippen molar-refractivity contribution in [3.05, 3.63) is 48.8 Å². The fourth-order valence-corrected chi connectivity index (χ4v) is 2.07. The summed E-state index contributed by atoms with van der Waals surface area (Å²) < 4.78 is 4.26. The van der Waals surface area contributed by atoms with Gasteiger partial charge in [0.1, 0.15) is 14.1 Å². The Morgan fingerprint density at radius 1 is 1.11 bits per heavy atom. The number of fused-ring (bicyclic) bond motifs is 1. The number of para-hydroxylation sites is 1. The maximum absolute atomic E-state index is 2.20. The molecule has 0 aliphatic heterocycles. The molecule has 1 aromatic heterocycles. The van der Waals surface area contributed by atoms with Gasteiger partial charge in [-0.05, 0) is 12.1 Å². The molecule has 0 spiro atoms. The Kier molecular flexibility index (Phi) is 3.95. The molecule has 0 amide bonds. The first-order valence-electron chi connectivity index (χ1n) is 6.37. The van der Waals surface area contributed by atoms with Crippen LogP contribution in [-0.2, 0) is 0 Å². The Balaban J connectivity index is 2.66. The van der Waals surface area contributed by atoms with E-state index < -0.39 is 0 Å². The van der Waals surface area contributed by atoms with Crippen molar-refractivity contribution in [3.8, 4) is 0 Å². The Morgan fingerprint density at radius 2 is 1.79 bits per heavy atom. The molecule has 0 saturated carbocycles. The predicted molar refractivity (Wildman–Crippen MR) is 80.3 cm³/mol. The number of aromatic nitrogens is 1. The highest BCUT2D eigenvalue weighted by Crippen LogP contribution is 2.09. The third kappa shape index (κ3) is 3.19. The van der Waals surface area contributed by atoms with E-state index in [1.807, 2.05) is 28.2 Å². The van der Waals surface area contributed by atoms with Gasteiger partial charge >= 0.3 is 0 Å². The van der Waals surface area contributed by atoms with Gasteiger partial charge in [-0.1, -0.05) is 12.1 Å². The van der Waals surface area contributed by atoms with Gasteiger partial charge < -0.3 is 4.90 Å². The number of benzene rings is 1. The minimum atomic E-state index is 1.13. The molecule has 1 heterocycles. The number of nitrogens with zero attached hydrogens (tertiary/aromatic N) is 3. The number of hydrogen-bond donors (Lipinski definition) is 0. The summed E-state index contributed by atoms with van der Waals surface area (Å²) in [6.07, 6.45) is 6.33. The quantitative estimate of drug-likeness (QED) is 0.601. The van der Waals surface area contributed by atoms with Gasteiger partial charge in [0.05, 0.1) is 6.20 Å². The molecule has 0 radical (unpaired) electrons. The van der Waals surface area contributed by atoms with Gasteiger partial charge in [0.25, 0.3) is 5.70 Å². The second-order valence-electron chi connectivity index (χ2n) is 5.05. The molecule has 98 valence electrons. The van der Waals surface area contributed by atoms with E-state index in [1.54, 1.807) is 0 Å². The Morgan fingerprint density at radius 3 is 2.47 bits per heavy atom. The maximum Gasteiger partial charge on any atom is 0.290 e. The van der Waals surface area contributed by atoms with Crippen molar-refractivity contribution in [2.24, 2.45) is 0 Å². The Hall–Kier alpha value is -2.16. The molecule has 2 aromatic rings. The van der Waals surface area contributed by atoms with Crippen molar-refractivity contribution in [1.29, 1.82) is 0 Å². The standard InChI is InChI=1S/C16H21N3/c1-17(2)12-15(13-18(3)4)19-11-7-9-14-8-5-6-10-16(14)19/h5-13H,1-4H3/q+2. The minimum Gasteiger partial charge on any atom is -0.378 e. The van der Waals surface area contributed by atoms with Crippen LogP contribution in [0.4, 0.5) is 0 Å². The van der Waals surface area contributed by atoms with Gasteiger partial charge in [-0.15, -0.1) is 0 Å². The highest BCUT2D eigenvalue weighted by Gasteiger charge is 2.15. The van der Waals surface area contributed by atoms with Crippen LogP contribution in [0.25, 0.3) is 16.6 Å². The molecule has 0 N–H and O–H groups in total. The molecular formula is C16H21N3+2. The van der Waals surface area contributed by atoms with E-state index in [4.69, 9.17) is 0 Å². The van der Waals surface area contributed by atoms with E-state index in [2.05, 4.69) is 69.1 Å². The fraction of sp³-hybridized carbons (Fsp3) is 0.250. The molecule has 3 heteroatoms. The van der Waals surface area contributed by atoms with Crippen molar-refractivity contribution < 1.29 is 9.14 Å². The van der Waals surface area contributed by atoms with Crippen LogP contribution in [0, 0.1) is 0 Å². The van der Waals surface area contributed by atoms with Crippen LogP contribution in [-0.4, -0.2) is 43.9 Å². The van der Waals surface area contributed by atoms with Crippen molar-refractivity contribution >= 4 is 22.8 Å². The van der Waals surface area contributed by atoms with Crippen molar-refractivity contribution in [3.63, 3.8) is 0 Å². The predicted octanol–water partition coefficient (Wildman–Crippen LogP) is 1.83. The summed E-state index contributed by atoms with van der Waals surface area (Å²) in [6, 6.07) is 12.6. The zero-order valence-electron chi connectivity index (χ0n) is 12.0. The van der Waals surface area contributed by atoms with E-state index in [0.29, 0.717) is 0 Å². The second kappa shape index (κ2) is 5.65. The Labute approximate surface area is 114 Å². The monoisotopic (exact) mass is 255 g/mol. The lowest BCUT2D eigenvalue weighted by atomic mass is 10.2. The first kappa shape index (κ1) is 13.3. The summed E-state index contributed by atoms with van der Waals surface area (Å²) in [6.45, 7) is 0. The van der Waals surface area contributed by atoms with Gasteiger partial charge in [-0.3, -0.25) is 0 Å². The lowest BCUT2D eigenvalue weighted by Gasteiger charge is -2.05. The summed E-state index contributed by atoms with van der Waals surface area (Å²) in [5.41, 5.74) is 2.34. The summed E-state index contributed by atoms with van der Waals surface area (Å²) >= 11 is 0. The summed E-state index contributed by atoms with van der Waals surface area (Å²) in [7, 11) is 8.15. The van der Waals surface area contributed by atoms with E-state index in [1.165, 1.54) is 10.9 Å². The van der Waals surface area contributed by atoms with Crippen LogP contribution < -0.4 is 4.57 Å². The second-order valence-corrected chi connectivity index (χ2v) is 5.05. The van der Waals surface area contributed by atoms with Gasteiger partial charge in [0.15, 0.2) is 6.20 Å². The fourth-order valence-electron chi connectivity index (χ4n) is 2.07. The molecular weight excluding hydrogens is 234 g/mol. The largest absolute Gasteiger partial charge is 0.378 e. The van der Waals surface area contributed by atoms with E-state index in [0.717, 1.165) is 5.70 Å². The van der Waals surface area contributed by atoms with E-state index in [-0.39, 0.29) is 0 Å². The van der Waals surface area contributed by atoms with Crippen LogP contribution in [0.1, 0.15) is 0 Å². The number of allylic oxidation sites excluding steroid dienone is 1. The molecule has 19 heavy (non-hydrogen) atoms. The lowest BCUT2D eigenvalue weighted by molar-refractivity contribution is -0.552. The average Bonchev–Trinajstić information content (AvgIpc) is 2.36. The number of rotatable bonds is 3. The van der Waals surface area contributed by atoms with Crippen molar-refractivity contribution in [1.82, 2.24) is 4.90 Å². The summed E-state index contributed by atoms with van der Waals surface area (Å²) in [5, 5.41) is 1.24. The van der Waals surface area contributed by atoms with Crippen LogP contribution in [0.5, 0.6) is 0 Å². The molecule has 0 atom stereocenters. The van der Waals surface area contributed by atoms with E-state index >= 15 is 0 Å². The summed E-state index contributed by atoms with van der Waals surface area (Å²) in [4.78, 5) is 2.06. The molecule has 0 unspecified atom stereocenters. The Bertz CT molecular complexity index is 630. The van der Waals surface area contributed by atoms with Crippen LogP contribution in [0.3, 0.4) is 0 Å². The van der Waals surface area contributed by atoms with Crippen molar-refractivity contribution in [2.75, 3.05) is 28.2 Å². The zero-order chi connectivity index (χ0) is 13.8. The average molecular weight is 255 g/mol.